The van der Waals surface area contributed by atoms with Gasteiger partial charge in [-0.3, -0.25) is 4.79 Å². The van der Waals surface area contributed by atoms with Gasteiger partial charge in [0, 0.05) is 31.0 Å². The molecule has 3 heteroatoms. The first-order valence-corrected chi connectivity index (χ1v) is 6.37. The molecule has 0 amide bonds. The van der Waals surface area contributed by atoms with Crippen molar-refractivity contribution in [1.29, 1.82) is 0 Å². The first kappa shape index (κ1) is 12.4. The number of ether oxygens (including phenoxy) is 1. The zero-order valence-electron chi connectivity index (χ0n) is 10.9. The highest BCUT2D eigenvalue weighted by Crippen LogP contribution is 2.28. The van der Waals surface area contributed by atoms with Crippen LogP contribution in [0.25, 0.3) is 0 Å². The van der Waals surface area contributed by atoms with Crippen LogP contribution in [0.1, 0.15) is 48.8 Å². The molecular weight excluding hydrogens is 214 g/mol. The summed E-state index contributed by atoms with van der Waals surface area (Å²) in [6.07, 6.45) is 4.75. The van der Waals surface area contributed by atoms with Gasteiger partial charge in [0.2, 0.25) is 0 Å². The molecule has 1 aliphatic rings. The number of rotatable bonds is 4. The SMILES string of the molecule is COCC(C(C)C)n1ccc2c1CCCC2=O. The highest BCUT2D eigenvalue weighted by atomic mass is 16.5. The van der Waals surface area contributed by atoms with E-state index in [2.05, 4.69) is 24.6 Å². The molecule has 0 radical (unpaired) electrons. The van der Waals surface area contributed by atoms with Gasteiger partial charge in [0.05, 0.1) is 12.6 Å². The summed E-state index contributed by atoms with van der Waals surface area (Å²) in [7, 11) is 1.73. The number of carbonyl (C=O) groups is 1. The topological polar surface area (TPSA) is 31.2 Å². The summed E-state index contributed by atoms with van der Waals surface area (Å²) >= 11 is 0. The maximum Gasteiger partial charge on any atom is 0.164 e. The lowest BCUT2D eigenvalue weighted by Gasteiger charge is -2.26. The quantitative estimate of drug-likeness (QED) is 0.803. The van der Waals surface area contributed by atoms with Crippen LogP contribution in [-0.4, -0.2) is 24.1 Å². The van der Waals surface area contributed by atoms with E-state index in [4.69, 9.17) is 4.74 Å². The van der Waals surface area contributed by atoms with Crippen molar-refractivity contribution < 1.29 is 9.53 Å². The smallest absolute Gasteiger partial charge is 0.164 e. The maximum atomic E-state index is 11.8. The highest BCUT2D eigenvalue weighted by Gasteiger charge is 2.25. The molecule has 1 aromatic heterocycles. The van der Waals surface area contributed by atoms with E-state index in [0.29, 0.717) is 30.8 Å². The molecule has 0 aromatic carbocycles. The van der Waals surface area contributed by atoms with Crippen molar-refractivity contribution in [2.75, 3.05) is 13.7 Å². The van der Waals surface area contributed by atoms with Gasteiger partial charge < -0.3 is 9.30 Å². The summed E-state index contributed by atoms with van der Waals surface area (Å²) in [4.78, 5) is 11.8. The van der Waals surface area contributed by atoms with Crippen molar-refractivity contribution in [3.05, 3.63) is 23.5 Å². The van der Waals surface area contributed by atoms with E-state index in [1.54, 1.807) is 7.11 Å². The number of nitrogens with zero attached hydrogens (tertiary/aromatic N) is 1. The molecule has 17 heavy (non-hydrogen) atoms. The second kappa shape index (κ2) is 5.05. The van der Waals surface area contributed by atoms with E-state index >= 15 is 0 Å². The van der Waals surface area contributed by atoms with Crippen molar-refractivity contribution >= 4 is 5.78 Å². The van der Waals surface area contributed by atoms with Crippen molar-refractivity contribution in [2.24, 2.45) is 5.92 Å². The fraction of sp³-hybridized carbons (Fsp3) is 0.643. The summed E-state index contributed by atoms with van der Waals surface area (Å²) in [6.45, 7) is 5.09. The average Bonchev–Trinajstić information content (AvgIpc) is 2.70. The molecule has 1 heterocycles. The van der Waals surface area contributed by atoms with Crippen LogP contribution in [0.3, 0.4) is 0 Å². The molecule has 0 bridgehead atoms. The number of ketones is 1. The summed E-state index contributed by atoms with van der Waals surface area (Å²) in [5.41, 5.74) is 2.13. The minimum atomic E-state index is 0.296. The molecule has 94 valence electrons. The zero-order chi connectivity index (χ0) is 12.4. The van der Waals surface area contributed by atoms with Gasteiger partial charge in [-0.1, -0.05) is 13.8 Å². The van der Waals surface area contributed by atoms with E-state index in [-0.39, 0.29) is 0 Å². The van der Waals surface area contributed by atoms with Gasteiger partial charge in [-0.2, -0.15) is 0 Å². The second-order valence-electron chi connectivity index (χ2n) is 5.13. The largest absolute Gasteiger partial charge is 0.383 e. The van der Waals surface area contributed by atoms with Crippen LogP contribution in [0.2, 0.25) is 0 Å². The first-order chi connectivity index (χ1) is 8.15. The summed E-state index contributed by atoms with van der Waals surface area (Å²) in [5, 5.41) is 0. The van der Waals surface area contributed by atoms with Crippen molar-refractivity contribution in [3.8, 4) is 0 Å². The Balaban J connectivity index is 2.35. The van der Waals surface area contributed by atoms with Gasteiger partial charge in [0.1, 0.15) is 0 Å². The Morgan fingerprint density at radius 2 is 2.18 bits per heavy atom. The standard InChI is InChI=1S/C14H21NO2/c1-10(2)13(9-17-3)15-8-7-11-12(15)5-4-6-14(11)16/h7-8,10,13H,4-6,9H2,1-3H3. The summed E-state index contributed by atoms with van der Waals surface area (Å²) < 4.78 is 7.55. The van der Waals surface area contributed by atoms with Crippen LogP contribution in [0, 0.1) is 5.92 Å². The van der Waals surface area contributed by atoms with Gasteiger partial charge >= 0.3 is 0 Å². The van der Waals surface area contributed by atoms with Crippen LogP contribution < -0.4 is 0 Å². The predicted molar refractivity (Wildman–Crippen MR) is 67.5 cm³/mol. The van der Waals surface area contributed by atoms with Crippen LogP contribution in [0.5, 0.6) is 0 Å². The lowest BCUT2D eigenvalue weighted by Crippen LogP contribution is -2.23. The highest BCUT2D eigenvalue weighted by molar-refractivity contribution is 5.98. The number of carbonyl (C=O) groups excluding carboxylic acids is 1. The zero-order valence-corrected chi connectivity index (χ0v) is 10.9. The number of fused-ring (bicyclic) bond motifs is 1. The number of hydrogen-bond donors (Lipinski definition) is 0. The van der Waals surface area contributed by atoms with E-state index < -0.39 is 0 Å². The molecule has 0 saturated heterocycles. The average molecular weight is 235 g/mol. The Morgan fingerprint density at radius 3 is 2.82 bits per heavy atom. The Bertz CT molecular complexity index is 406. The minimum Gasteiger partial charge on any atom is -0.383 e. The third kappa shape index (κ3) is 2.29. The Morgan fingerprint density at radius 1 is 1.41 bits per heavy atom. The number of Topliss-reactive ketones (excluding diaryl/α,β-unsaturated/α-hetero) is 1. The lowest BCUT2D eigenvalue weighted by molar-refractivity contribution is 0.0968. The molecule has 0 saturated carbocycles. The van der Waals surface area contributed by atoms with Gasteiger partial charge in [0.15, 0.2) is 5.78 Å². The third-order valence-corrected chi connectivity index (χ3v) is 3.61. The molecule has 2 rings (SSSR count). The van der Waals surface area contributed by atoms with Crippen molar-refractivity contribution in [3.63, 3.8) is 0 Å². The molecule has 0 spiro atoms. The molecule has 3 nitrogen and oxygen atoms in total. The third-order valence-electron chi connectivity index (χ3n) is 3.61. The van der Waals surface area contributed by atoms with Gasteiger partial charge in [-0.25, -0.2) is 0 Å². The fourth-order valence-electron chi connectivity index (χ4n) is 2.62. The lowest BCUT2D eigenvalue weighted by atomic mass is 9.96. The van der Waals surface area contributed by atoms with Crippen LogP contribution in [0.4, 0.5) is 0 Å². The van der Waals surface area contributed by atoms with Crippen LogP contribution in [-0.2, 0) is 11.2 Å². The van der Waals surface area contributed by atoms with Gasteiger partial charge in [-0.15, -0.1) is 0 Å². The molecule has 0 aliphatic heterocycles. The molecule has 0 fully saturated rings. The number of hydrogen-bond acceptors (Lipinski definition) is 2. The Hall–Kier alpha value is -1.09. The van der Waals surface area contributed by atoms with Crippen molar-refractivity contribution in [1.82, 2.24) is 4.57 Å². The van der Waals surface area contributed by atoms with Gasteiger partial charge in [-0.05, 0) is 24.8 Å². The van der Waals surface area contributed by atoms with Crippen molar-refractivity contribution in [2.45, 2.75) is 39.2 Å². The molecular formula is C14H21NO2. The second-order valence-corrected chi connectivity index (χ2v) is 5.13. The predicted octanol–water partition coefficient (Wildman–Crippen LogP) is 2.85. The van der Waals surface area contributed by atoms with Gasteiger partial charge in [0.25, 0.3) is 0 Å². The molecule has 1 aliphatic carbocycles. The monoisotopic (exact) mass is 235 g/mol. The Labute approximate surface area is 103 Å². The summed E-state index contributed by atoms with van der Waals surface area (Å²) in [6, 6.07) is 2.30. The molecule has 0 N–H and O–H groups in total. The van der Waals surface area contributed by atoms with E-state index in [0.717, 1.165) is 18.4 Å². The van der Waals surface area contributed by atoms with Crippen LogP contribution in [0.15, 0.2) is 12.3 Å². The van der Waals surface area contributed by atoms with E-state index in [1.807, 2.05) is 6.07 Å². The molecule has 1 atom stereocenters. The Kier molecular flexibility index (Phi) is 3.67. The van der Waals surface area contributed by atoms with E-state index in [9.17, 15) is 4.79 Å². The first-order valence-electron chi connectivity index (χ1n) is 6.37. The van der Waals surface area contributed by atoms with Crippen LogP contribution >= 0.6 is 0 Å². The fourth-order valence-corrected chi connectivity index (χ4v) is 2.62. The minimum absolute atomic E-state index is 0.296. The summed E-state index contributed by atoms with van der Waals surface area (Å²) in [5.74, 6) is 0.799. The number of aromatic nitrogens is 1. The molecule has 1 aromatic rings. The maximum absolute atomic E-state index is 11.8. The normalized spacial score (nSPS) is 17.3. The van der Waals surface area contributed by atoms with E-state index in [1.165, 1.54) is 5.69 Å². The number of methoxy groups -OCH3 is 1. The molecule has 1 unspecified atom stereocenters.